The largest absolute Gasteiger partial charge is 0.478 e. The van der Waals surface area contributed by atoms with Crippen molar-refractivity contribution in [2.45, 2.75) is 32.1 Å². The molecule has 0 spiro atoms. The highest BCUT2D eigenvalue weighted by atomic mass is 35.5. The van der Waals surface area contributed by atoms with Gasteiger partial charge in [-0.2, -0.15) is 0 Å². The molecule has 0 radical (unpaired) electrons. The van der Waals surface area contributed by atoms with Crippen molar-refractivity contribution in [3.63, 3.8) is 0 Å². The van der Waals surface area contributed by atoms with E-state index < -0.39 is 17.3 Å². The fraction of sp³-hybridized carbons (Fsp3) is 0.429. The van der Waals surface area contributed by atoms with Gasteiger partial charge in [-0.25, -0.2) is 9.18 Å². The number of carbonyl (C=O) groups is 2. The van der Waals surface area contributed by atoms with Crippen molar-refractivity contribution in [1.29, 1.82) is 0 Å². The van der Waals surface area contributed by atoms with Gasteiger partial charge in [0.05, 0.1) is 10.6 Å². The molecule has 0 aliphatic heterocycles. The lowest BCUT2D eigenvalue weighted by molar-refractivity contribution is -0.115. The number of halogens is 2. The number of carboxylic acid groups (broad SMARTS) is 1. The highest BCUT2D eigenvalue weighted by molar-refractivity contribution is 8.13. The van der Waals surface area contributed by atoms with Gasteiger partial charge in [0.25, 0.3) is 0 Å². The van der Waals surface area contributed by atoms with Gasteiger partial charge in [-0.05, 0) is 18.1 Å². The molecule has 1 N–H and O–H groups in total. The summed E-state index contributed by atoms with van der Waals surface area (Å²) in [6.45, 7) is 5.78. The van der Waals surface area contributed by atoms with Crippen molar-refractivity contribution < 1.29 is 19.1 Å². The first-order valence-corrected chi connectivity index (χ1v) is 7.41. The molecular formula is C14H16ClFO3S. The SMILES string of the molecule is CCC(C)C(C)C(=O)Sc1cc(C(=O)O)c(F)cc1Cl. The van der Waals surface area contributed by atoms with Crippen LogP contribution in [0.15, 0.2) is 17.0 Å². The lowest BCUT2D eigenvalue weighted by atomic mass is 9.95. The summed E-state index contributed by atoms with van der Waals surface area (Å²) in [6.07, 6.45) is 0.866. The molecule has 0 amide bonds. The van der Waals surface area contributed by atoms with E-state index in [1.807, 2.05) is 20.8 Å². The first-order chi connectivity index (χ1) is 9.27. The van der Waals surface area contributed by atoms with E-state index in [4.69, 9.17) is 16.7 Å². The van der Waals surface area contributed by atoms with Crippen LogP contribution in [-0.2, 0) is 4.79 Å². The Morgan fingerprint density at radius 1 is 1.40 bits per heavy atom. The van der Waals surface area contributed by atoms with Crippen LogP contribution >= 0.6 is 23.4 Å². The topological polar surface area (TPSA) is 54.4 Å². The third kappa shape index (κ3) is 3.96. The van der Waals surface area contributed by atoms with Crippen LogP contribution in [-0.4, -0.2) is 16.2 Å². The molecule has 0 bridgehead atoms. The van der Waals surface area contributed by atoms with Gasteiger partial charge in [0.1, 0.15) is 5.82 Å². The number of hydrogen-bond donors (Lipinski definition) is 1. The van der Waals surface area contributed by atoms with Gasteiger partial charge in [0, 0.05) is 10.8 Å². The molecule has 6 heteroatoms. The second-order valence-electron chi connectivity index (χ2n) is 4.66. The lowest BCUT2D eigenvalue weighted by Crippen LogP contribution is -2.15. The Hall–Kier alpha value is -1.07. The summed E-state index contributed by atoms with van der Waals surface area (Å²) >= 11 is 6.72. The molecule has 0 saturated heterocycles. The van der Waals surface area contributed by atoms with Crippen LogP contribution in [0, 0.1) is 17.7 Å². The summed E-state index contributed by atoms with van der Waals surface area (Å²) in [5.41, 5.74) is -0.485. The summed E-state index contributed by atoms with van der Waals surface area (Å²) in [4.78, 5) is 23.2. The minimum Gasteiger partial charge on any atom is -0.478 e. The molecule has 0 fully saturated rings. The van der Waals surface area contributed by atoms with Crippen LogP contribution in [0.5, 0.6) is 0 Å². The van der Waals surface area contributed by atoms with Crippen molar-refractivity contribution in [1.82, 2.24) is 0 Å². The fourth-order valence-corrected chi connectivity index (χ4v) is 2.79. The molecule has 0 saturated carbocycles. The normalized spacial score (nSPS) is 13.8. The van der Waals surface area contributed by atoms with Gasteiger partial charge in [0.15, 0.2) is 5.12 Å². The molecule has 0 aliphatic rings. The number of aromatic carboxylic acids is 1. The van der Waals surface area contributed by atoms with Crippen molar-refractivity contribution >= 4 is 34.4 Å². The Kier molecular flexibility index (Phi) is 6.02. The fourth-order valence-electron chi connectivity index (χ4n) is 1.56. The predicted octanol–water partition coefficient (Wildman–Crippen LogP) is 4.48. The Labute approximate surface area is 126 Å². The van der Waals surface area contributed by atoms with Crippen molar-refractivity contribution in [3.8, 4) is 0 Å². The molecule has 20 heavy (non-hydrogen) atoms. The van der Waals surface area contributed by atoms with E-state index >= 15 is 0 Å². The highest BCUT2D eigenvalue weighted by Crippen LogP contribution is 2.33. The Morgan fingerprint density at radius 3 is 2.50 bits per heavy atom. The first kappa shape index (κ1) is 17.0. The second-order valence-corrected chi connectivity index (χ2v) is 6.12. The number of carbonyl (C=O) groups excluding carboxylic acids is 1. The Morgan fingerprint density at radius 2 is 2.00 bits per heavy atom. The Bertz CT molecular complexity index is 533. The number of carboxylic acids is 1. The monoisotopic (exact) mass is 318 g/mol. The summed E-state index contributed by atoms with van der Waals surface area (Å²) in [7, 11) is 0. The average molecular weight is 319 g/mol. The average Bonchev–Trinajstić information content (AvgIpc) is 2.39. The van der Waals surface area contributed by atoms with E-state index in [0.717, 1.165) is 30.3 Å². The standard InChI is InChI=1S/C14H16ClFO3S/c1-4-7(2)8(3)14(19)20-12-5-9(13(17)18)11(16)6-10(12)15/h5-8H,4H2,1-3H3,(H,17,18). The van der Waals surface area contributed by atoms with Crippen molar-refractivity contribution in [3.05, 3.63) is 28.5 Å². The molecule has 2 atom stereocenters. The maximum Gasteiger partial charge on any atom is 0.338 e. The van der Waals surface area contributed by atoms with E-state index in [1.54, 1.807) is 0 Å². The van der Waals surface area contributed by atoms with Gasteiger partial charge in [-0.1, -0.05) is 50.6 Å². The van der Waals surface area contributed by atoms with Crippen LogP contribution in [0.4, 0.5) is 4.39 Å². The zero-order valence-electron chi connectivity index (χ0n) is 11.4. The van der Waals surface area contributed by atoms with Crippen molar-refractivity contribution in [2.24, 2.45) is 11.8 Å². The maximum atomic E-state index is 13.4. The molecule has 2 unspecified atom stereocenters. The maximum absolute atomic E-state index is 13.4. The Balaban J connectivity index is 3.01. The second kappa shape index (κ2) is 7.09. The molecule has 1 aromatic carbocycles. The third-order valence-corrected chi connectivity index (χ3v) is 4.89. The minimum absolute atomic E-state index is 0.0437. The molecule has 1 aromatic rings. The van der Waals surface area contributed by atoms with Crippen LogP contribution < -0.4 is 0 Å². The lowest BCUT2D eigenvalue weighted by Gasteiger charge is -2.16. The van der Waals surface area contributed by atoms with E-state index in [1.165, 1.54) is 0 Å². The van der Waals surface area contributed by atoms with Gasteiger partial charge < -0.3 is 5.11 Å². The molecule has 0 aromatic heterocycles. The molecule has 3 nitrogen and oxygen atoms in total. The number of thioether (sulfide) groups is 1. The zero-order chi connectivity index (χ0) is 15.4. The smallest absolute Gasteiger partial charge is 0.338 e. The molecular weight excluding hydrogens is 303 g/mol. The zero-order valence-corrected chi connectivity index (χ0v) is 13.0. The van der Waals surface area contributed by atoms with Crippen LogP contribution in [0.3, 0.4) is 0 Å². The molecule has 110 valence electrons. The summed E-state index contributed by atoms with van der Waals surface area (Å²) < 4.78 is 13.4. The number of hydrogen-bond acceptors (Lipinski definition) is 3. The summed E-state index contributed by atoms with van der Waals surface area (Å²) in [5.74, 6) is -2.26. The molecule has 1 rings (SSSR count). The van der Waals surface area contributed by atoms with E-state index in [-0.39, 0.29) is 26.9 Å². The van der Waals surface area contributed by atoms with Crippen LogP contribution in [0.1, 0.15) is 37.6 Å². The van der Waals surface area contributed by atoms with Gasteiger partial charge in [-0.3, -0.25) is 4.79 Å². The van der Waals surface area contributed by atoms with Crippen LogP contribution in [0.25, 0.3) is 0 Å². The first-order valence-electron chi connectivity index (χ1n) is 6.21. The van der Waals surface area contributed by atoms with Gasteiger partial charge in [-0.15, -0.1) is 0 Å². The van der Waals surface area contributed by atoms with E-state index in [9.17, 15) is 14.0 Å². The van der Waals surface area contributed by atoms with Crippen LogP contribution in [0.2, 0.25) is 5.02 Å². The number of rotatable bonds is 5. The molecule has 0 heterocycles. The minimum atomic E-state index is -1.39. The van der Waals surface area contributed by atoms with E-state index in [0.29, 0.717) is 0 Å². The van der Waals surface area contributed by atoms with Gasteiger partial charge >= 0.3 is 5.97 Å². The van der Waals surface area contributed by atoms with Gasteiger partial charge in [0.2, 0.25) is 0 Å². The number of benzene rings is 1. The highest BCUT2D eigenvalue weighted by Gasteiger charge is 2.22. The van der Waals surface area contributed by atoms with E-state index in [2.05, 4.69) is 0 Å². The third-order valence-electron chi connectivity index (χ3n) is 3.33. The summed E-state index contributed by atoms with van der Waals surface area (Å²) in [5, 5.41) is 8.81. The molecule has 0 aliphatic carbocycles. The quantitative estimate of drug-likeness (QED) is 0.813. The van der Waals surface area contributed by atoms with Crippen molar-refractivity contribution in [2.75, 3.05) is 0 Å². The summed E-state index contributed by atoms with van der Waals surface area (Å²) in [6, 6.07) is 2.03. The predicted molar refractivity (Wildman–Crippen MR) is 77.9 cm³/mol.